The monoisotopic (exact) mass is 439 g/mol. The van der Waals surface area contributed by atoms with E-state index in [9.17, 15) is 9.59 Å². The third-order valence-electron chi connectivity index (χ3n) is 4.45. The summed E-state index contributed by atoms with van der Waals surface area (Å²) in [6.45, 7) is 5.81. The number of carbonyl (C=O) groups excluding carboxylic acids is 2. The summed E-state index contributed by atoms with van der Waals surface area (Å²) in [6.07, 6.45) is 4.04. The Bertz CT molecular complexity index is 770. The largest absolute Gasteiger partial charge is 0.352 e. The minimum absolute atomic E-state index is 0. The molecule has 1 saturated heterocycles. The minimum atomic E-state index is -0.253. The number of aromatic nitrogens is 1. The first-order chi connectivity index (χ1) is 13.2. The van der Waals surface area contributed by atoms with Gasteiger partial charge in [-0.05, 0) is 43.3 Å². The molecule has 1 aliphatic heterocycles. The molecule has 1 aromatic carbocycles. The lowest BCUT2D eigenvalue weighted by atomic mass is 10.1. The van der Waals surface area contributed by atoms with E-state index < -0.39 is 0 Å². The number of pyridine rings is 1. The van der Waals surface area contributed by atoms with Crippen LogP contribution in [0.4, 0.5) is 5.69 Å². The highest BCUT2D eigenvalue weighted by Gasteiger charge is 2.11. The molecule has 0 saturated carbocycles. The van der Waals surface area contributed by atoms with Crippen LogP contribution in [0.3, 0.4) is 0 Å². The average molecular weight is 440 g/mol. The molecule has 158 valence electrons. The molecule has 29 heavy (non-hydrogen) atoms. The van der Waals surface area contributed by atoms with Crippen molar-refractivity contribution < 1.29 is 9.59 Å². The second kappa shape index (κ2) is 13.1. The van der Waals surface area contributed by atoms with Gasteiger partial charge in [-0.2, -0.15) is 0 Å². The van der Waals surface area contributed by atoms with Crippen molar-refractivity contribution >= 4 is 42.3 Å². The first-order valence-electron chi connectivity index (χ1n) is 9.25. The van der Waals surface area contributed by atoms with E-state index in [2.05, 4.69) is 25.8 Å². The molecule has 3 rings (SSSR count). The van der Waals surface area contributed by atoms with Crippen molar-refractivity contribution in [3.63, 3.8) is 0 Å². The van der Waals surface area contributed by atoms with E-state index in [1.165, 1.54) is 6.20 Å². The summed E-state index contributed by atoms with van der Waals surface area (Å²) < 4.78 is 0. The highest BCUT2D eigenvalue weighted by Crippen LogP contribution is 2.12. The van der Waals surface area contributed by atoms with E-state index >= 15 is 0 Å². The number of carbonyl (C=O) groups is 2. The Kier molecular flexibility index (Phi) is 11.2. The number of nitrogens with zero attached hydrogens (tertiary/aromatic N) is 2. The summed E-state index contributed by atoms with van der Waals surface area (Å²) >= 11 is 0. The molecule has 0 spiro atoms. The third-order valence-corrected chi connectivity index (χ3v) is 4.45. The summed E-state index contributed by atoms with van der Waals surface area (Å²) in [7, 11) is 0. The SMILES string of the molecule is Cl.Cl.O=C(NCCCN1CCNCC1)c1cccc(NC(=O)c2cccnc2)c1. The standard InChI is InChI=1S/C20H25N5O2.2ClH/c26-19(23-8-3-11-25-12-9-21-10-13-25)16-4-1-6-18(14-16)24-20(27)17-5-2-7-22-15-17;;/h1-2,4-7,14-15,21H,3,8-13H2,(H,23,26)(H,24,27);2*1H. The van der Waals surface area contributed by atoms with Gasteiger partial charge in [0.15, 0.2) is 0 Å². The molecule has 0 atom stereocenters. The molecule has 3 N–H and O–H groups in total. The van der Waals surface area contributed by atoms with Gasteiger partial charge >= 0.3 is 0 Å². The van der Waals surface area contributed by atoms with Crippen molar-refractivity contribution in [1.82, 2.24) is 20.5 Å². The molecule has 9 heteroatoms. The fraction of sp³-hybridized carbons (Fsp3) is 0.350. The van der Waals surface area contributed by atoms with Gasteiger partial charge in [0.05, 0.1) is 5.56 Å². The smallest absolute Gasteiger partial charge is 0.257 e. The fourth-order valence-corrected chi connectivity index (χ4v) is 2.98. The van der Waals surface area contributed by atoms with Crippen LogP contribution in [0.25, 0.3) is 0 Å². The van der Waals surface area contributed by atoms with Gasteiger partial charge in [-0.15, -0.1) is 24.8 Å². The van der Waals surface area contributed by atoms with Gasteiger partial charge < -0.3 is 20.9 Å². The lowest BCUT2D eigenvalue weighted by Crippen LogP contribution is -2.44. The van der Waals surface area contributed by atoms with Gasteiger partial charge in [-0.3, -0.25) is 14.6 Å². The predicted molar refractivity (Wildman–Crippen MR) is 119 cm³/mol. The van der Waals surface area contributed by atoms with Crippen molar-refractivity contribution in [3.05, 3.63) is 59.9 Å². The molecule has 0 aliphatic carbocycles. The van der Waals surface area contributed by atoms with Gasteiger partial charge in [0.1, 0.15) is 0 Å². The number of nitrogens with one attached hydrogen (secondary N) is 3. The van der Waals surface area contributed by atoms with Crippen LogP contribution in [-0.4, -0.2) is 61.0 Å². The van der Waals surface area contributed by atoms with Crippen LogP contribution >= 0.6 is 24.8 Å². The molecule has 1 aromatic heterocycles. The van der Waals surface area contributed by atoms with Crippen molar-refractivity contribution in [2.24, 2.45) is 0 Å². The Hall–Kier alpha value is -2.19. The number of anilines is 1. The second-order valence-corrected chi connectivity index (χ2v) is 6.48. The van der Waals surface area contributed by atoms with Crippen LogP contribution in [0.1, 0.15) is 27.1 Å². The van der Waals surface area contributed by atoms with E-state index in [1.54, 1.807) is 42.6 Å². The summed E-state index contributed by atoms with van der Waals surface area (Å²) in [4.78, 5) is 30.9. The number of amides is 2. The minimum Gasteiger partial charge on any atom is -0.352 e. The van der Waals surface area contributed by atoms with Gasteiger partial charge in [0.25, 0.3) is 11.8 Å². The maximum Gasteiger partial charge on any atom is 0.257 e. The third kappa shape index (κ3) is 7.98. The number of hydrogen-bond acceptors (Lipinski definition) is 5. The molecule has 0 bridgehead atoms. The van der Waals surface area contributed by atoms with Gasteiger partial charge in [-0.1, -0.05) is 6.07 Å². The highest BCUT2D eigenvalue weighted by molar-refractivity contribution is 6.04. The Labute approximate surface area is 183 Å². The molecular formula is C20H27Cl2N5O2. The topological polar surface area (TPSA) is 86.4 Å². The van der Waals surface area contributed by atoms with Crippen molar-refractivity contribution in [2.75, 3.05) is 44.6 Å². The summed E-state index contributed by atoms with van der Waals surface area (Å²) in [5.74, 6) is -0.385. The van der Waals surface area contributed by atoms with Crippen LogP contribution in [0.15, 0.2) is 48.8 Å². The molecule has 2 aromatic rings. The molecular weight excluding hydrogens is 413 g/mol. The average Bonchev–Trinajstić information content (AvgIpc) is 2.72. The van der Waals surface area contributed by atoms with Gasteiger partial charge in [-0.25, -0.2) is 0 Å². The van der Waals surface area contributed by atoms with E-state index in [0.717, 1.165) is 39.1 Å². The van der Waals surface area contributed by atoms with Crippen LogP contribution in [0, 0.1) is 0 Å². The summed E-state index contributed by atoms with van der Waals surface area (Å²) in [5, 5.41) is 9.07. The Morgan fingerprint density at radius 1 is 1.03 bits per heavy atom. The first kappa shape index (κ1) is 24.8. The lowest BCUT2D eigenvalue weighted by Gasteiger charge is -2.27. The lowest BCUT2D eigenvalue weighted by molar-refractivity contribution is 0.0950. The number of halogens is 2. The van der Waals surface area contributed by atoms with Crippen LogP contribution in [-0.2, 0) is 0 Å². The maximum absolute atomic E-state index is 12.3. The fourth-order valence-electron chi connectivity index (χ4n) is 2.98. The van der Waals surface area contributed by atoms with Crippen molar-refractivity contribution in [2.45, 2.75) is 6.42 Å². The van der Waals surface area contributed by atoms with E-state index in [-0.39, 0.29) is 36.6 Å². The normalized spacial score (nSPS) is 13.5. The van der Waals surface area contributed by atoms with Gasteiger partial charge in [0.2, 0.25) is 0 Å². The molecule has 0 unspecified atom stereocenters. The number of rotatable bonds is 7. The summed E-state index contributed by atoms with van der Waals surface area (Å²) in [5.41, 5.74) is 1.58. The van der Waals surface area contributed by atoms with Gasteiger partial charge in [0, 0.05) is 56.4 Å². The number of hydrogen-bond donors (Lipinski definition) is 3. The second-order valence-electron chi connectivity index (χ2n) is 6.48. The zero-order valence-electron chi connectivity index (χ0n) is 16.1. The van der Waals surface area contributed by atoms with E-state index in [4.69, 9.17) is 0 Å². The molecule has 0 radical (unpaired) electrons. The predicted octanol–water partition coefficient (Wildman–Crippen LogP) is 2.20. The zero-order chi connectivity index (χ0) is 18.9. The first-order valence-corrected chi connectivity index (χ1v) is 9.25. The quantitative estimate of drug-likeness (QED) is 0.575. The van der Waals surface area contributed by atoms with Crippen LogP contribution < -0.4 is 16.0 Å². The van der Waals surface area contributed by atoms with Crippen molar-refractivity contribution in [3.8, 4) is 0 Å². The van der Waals surface area contributed by atoms with Crippen LogP contribution in [0.5, 0.6) is 0 Å². The number of benzene rings is 1. The van der Waals surface area contributed by atoms with Crippen molar-refractivity contribution in [1.29, 1.82) is 0 Å². The molecule has 2 amide bonds. The molecule has 1 fully saturated rings. The highest BCUT2D eigenvalue weighted by atomic mass is 35.5. The Balaban J connectivity index is 0.00000210. The summed E-state index contributed by atoms with van der Waals surface area (Å²) in [6, 6.07) is 10.3. The molecule has 1 aliphatic rings. The maximum atomic E-state index is 12.3. The number of piperazine rings is 1. The van der Waals surface area contributed by atoms with E-state index in [1.807, 2.05) is 0 Å². The molecule has 2 heterocycles. The zero-order valence-corrected chi connectivity index (χ0v) is 17.7. The molecule has 7 nitrogen and oxygen atoms in total. The Morgan fingerprint density at radius 3 is 2.52 bits per heavy atom. The van der Waals surface area contributed by atoms with E-state index in [0.29, 0.717) is 23.4 Å². The Morgan fingerprint density at radius 2 is 1.79 bits per heavy atom. The van der Waals surface area contributed by atoms with Crippen LogP contribution in [0.2, 0.25) is 0 Å².